The molecule has 2 heterocycles. The van der Waals surface area contributed by atoms with Crippen LogP contribution in [0.25, 0.3) is 10.9 Å². The van der Waals surface area contributed by atoms with E-state index in [-0.39, 0.29) is 0 Å². The first-order chi connectivity index (χ1) is 15.2. The highest BCUT2D eigenvalue weighted by atomic mass is 32.2. The summed E-state index contributed by atoms with van der Waals surface area (Å²) in [4.78, 5) is 17.0. The smallest absolute Gasteiger partial charge is 0.225 e. The van der Waals surface area contributed by atoms with Crippen LogP contribution in [-0.2, 0) is 0 Å². The lowest BCUT2D eigenvalue weighted by atomic mass is 9.86. The van der Waals surface area contributed by atoms with Crippen LogP contribution in [0.2, 0.25) is 0 Å². The summed E-state index contributed by atoms with van der Waals surface area (Å²) >= 11 is 1.88. The van der Waals surface area contributed by atoms with Gasteiger partial charge in [0.2, 0.25) is 5.95 Å². The van der Waals surface area contributed by atoms with Crippen molar-refractivity contribution in [2.24, 2.45) is 5.92 Å². The van der Waals surface area contributed by atoms with Gasteiger partial charge in [0.05, 0.1) is 5.52 Å². The number of thioether (sulfide) groups is 1. The van der Waals surface area contributed by atoms with Crippen molar-refractivity contribution in [3.63, 3.8) is 0 Å². The topological polar surface area (TPSA) is 66.0 Å². The summed E-state index contributed by atoms with van der Waals surface area (Å²) < 4.78 is 0. The van der Waals surface area contributed by atoms with Gasteiger partial charge in [-0.3, -0.25) is 4.98 Å². The maximum atomic E-state index is 4.79. The molecule has 31 heavy (non-hydrogen) atoms. The summed E-state index contributed by atoms with van der Waals surface area (Å²) in [7, 11) is 4.07. The lowest BCUT2D eigenvalue weighted by Gasteiger charge is -2.29. The molecule has 1 aliphatic carbocycles. The Labute approximate surface area is 189 Å². The van der Waals surface area contributed by atoms with Gasteiger partial charge < -0.3 is 15.5 Å². The zero-order valence-electron chi connectivity index (χ0n) is 18.4. The third kappa shape index (κ3) is 6.08. The molecule has 0 spiro atoms. The number of anilines is 2. The Morgan fingerprint density at radius 1 is 1.00 bits per heavy atom. The highest BCUT2D eigenvalue weighted by Crippen LogP contribution is 2.28. The molecule has 0 aliphatic heterocycles. The first kappa shape index (κ1) is 21.8. The van der Waals surface area contributed by atoms with Crippen LogP contribution in [0, 0.1) is 5.92 Å². The summed E-state index contributed by atoms with van der Waals surface area (Å²) in [6.45, 7) is 2.16. The molecular formula is C24H32N6S. The zero-order valence-corrected chi connectivity index (χ0v) is 19.2. The first-order valence-corrected chi connectivity index (χ1v) is 12.1. The minimum absolute atomic E-state index is 0.453. The van der Waals surface area contributed by atoms with Crippen LogP contribution in [0.4, 0.5) is 11.8 Å². The minimum Gasteiger partial charge on any atom is -0.362 e. The van der Waals surface area contributed by atoms with E-state index in [1.54, 1.807) is 0 Å². The molecule has 1 aliphatic rings. The molecule has 0 unspecified atom stereocenters. The van der Waals surface area contributed by atoms with Crippen molar-refractivity contribution in [1.82, 2.24) is 20.3 Å². The van der Waals surface area contributed by atoms with E-state index >= 15 is 0 Å². The molecule has 0 bridgehead atoms. The number of nitrogens with zero attached hydrogens (tertiary/aromatic N) is 4. The lowest BCUT2D eigenvalue weighted by molar-refractivity contribution is 0.326. The van der Waals surface area contributed by atoms with E-state index < -0.39 is 0 Å². The molecule has 0 saturated heterocycles. The number of para-hydroxylation sites is 1. The molecule has 2 aromatic heterocycles. The van der Waals surface area contributed by atoms with Crippen molar-refractivity contribution >= 4 is 34.4 Å². The molecule has 0 radical (unpaired) electrons. The summed E-state index contributed by atoms with van der Waals surface area (Å²) in [5, 5.41) is 8.34. The van der Waals surface area contributed by atoms with Crippen LogP contribution in [0.5, 0.6) is 0 Å². The fourth-order valence-electron chi connectivity index (χ4n) is 4.14. The van der Waals surface area contributed by atoms with Crippen molar-refractivity contribution < 1.29 is 0 Å². The third-order valence-corrected chi connectivity index (χ3v) is 6.83. The largest absolute Gasteiger partial charge is 0.362 e. The number of benzene rings is 1. The SMILES string of the molecule is CN(C)c1nc(N[C@H]2CC[C@@H](CNCCSc3ccncc3)CC2)nc2ccccc12. The number of nitrogens with one attached hydrogen (secondary N) is 2. The van der Waals surface area contributed by atoms with Gasteiger partial charge in [-0.05, 0) is 62.4 Å². The van der Waals surface area contributed by atoms with Gasteiger partial charge >= 0.3 is 0 Å². The maximum absolute atomic E-state index is 4.79. The molecule has 2 N–H and O–H groups in total. The van der Waals surface area contributed by atoms with Gasteiger partial charge in [0.15, 0.2) is 0 Å². The van der Waals surface area contributed by atoms with E-state index in [0.29, 0.717) is 6.04 Å². The monoisotopic (exact) mass is 436 g/mol. The molecule has 7 heteroatoms. The Bertz CT molecular complexity index is 957. The minimum atomic E-state index is 0.453. The number of fused-ring (bicyclic) bond motifs is 1. The summed E-state index contributed by atoms with van der Waals surface area (Å²) in [6, 6.07) is 12.8. The third-order valence-electron chi connectivity index (χ3n) is 5.82. The van der Waals surface area contributed by atoms with Gasteiger partial charge in [-0.2, -0.15) is 4.98 Å². The molecule has 1 fully saturated rings. The van der Waals surface area contributed by atoms with Crippen LogP contribution in [0.15, 0.2) is 53.7 Å². The van der Waals surface area contributed by atoms with Crippen LogP contribution in [0.1, 0.15) is 25.7 Å². The first-order valence-electron chi connectivity index (χ1n) is 11.1. The van der Waals surface area contributed by atoms with Crippen molar-refractivity contribution in [3.05, 3.63) is 48.8 Å². The molecule has 0 atom stereocenters. The number of hydrogen-bond donors (Lipinski definition) is 2. The molecular weight excluding hydrogens is 404 g/mol. The predicted molar refractivity (Wildman–Crippen MR) is 131 cm³/mol. The van der Waals surface area contributed by atoms with Crippen molar-refractivity contribution in [2.75, 3.05) is 43.2 Å². The Morgan fingerprint density at radius 2 is 1.77 bits per heavy atom. The fourth-order valence-corrected chi connectivity index (χ4v) is 4.94. The Morgan fingerprint density at radius 3 is 2.55 bits per heavy atom. The van der Waals surface area contributed by atoms with Gasteiger partial charge in [0, 0.05) is 55.1 Å². The Hall–Kier alpha value is -2.38. The zero-order chi connectivity index (χ0) is 21.5. The van der Waals surface area contributed by atoms with E-state index in [4.69, 9.17) is 9.97 Å². The van der Waals surface area contributed by atoms with Crippen molar-refractivity contribution in [3.8, 4) is 0 Å². The number of hydrogen-bond acceptors (Lipinski definition) is 7. The van der Waals surface area contributed by atoms with Crippen molar-refractivity contribution in [2.45, 2.75) is 36.6 Å². The van der Waals surface area contributed by atoms with Crippen molar-refractivity contribution in [1.29, 1.82) is 0 Å². The second-order valence-corrected chi connectivity index (χ2v) is 9.55. The normalized spacial score (nSPS) is 18.8. The highest BCUT2D eigenvalue weighted by Gasteiger charge is 2.22. The van der Waals surface area contributed by atoms with Gasteiger partial charge in [0.1, 0.15) is 5.82 Å². The molecule has 1 aromatic carbocycles. The van der Waals surface area contributed by atoms with Crippen LogP contribution in [-0.4, -0.2) is 53.9 Å². The standard InChI is InChI=1S/C24H32N6S/c1-30(2)23-21-5-3-4-6-22(21)28-24(29-23)27-19-9-7-18(8-10-19)17-26-15-16-31-20-11-13-25-14-12-20/h3-6,11-14,18-19,26H,7-10,15-17H2,1-2H3,(H,27,28,29)/t18-,19+. The summed E-state index contributed by atoms with van der Waals surface area (Å²) in [5.74, 6) is 3.57. The molecule has 4 rings (SSSR count). The molecule has 6 nitrogen and oxygen atoms in total. The van der Waals surface area contributed by atoms with Crippen LogP contribution >= 0.6 is 11.8 Å². The number of pyridine rings is 1. The molecule has 0 amide bonds. The van der Waals surface area contributed by atoms with E-state index in [2.05, 4.69) is 44.8 Å². The number of aromatic nitrogens is 3. The van der Waals surface area contributed by atoms with Gasteiger partial charge in [0.25, 0.3) is 0 Å². The second kappa shape index (κ2) is 10.8. The van der Waals surface area contributed by atoms with Crippen LogP contribution < -0.4 is 15.5 Å². The van der Waals surface area contributed by atoms with E-state index in [1.165, 1.54) is 30.6 Å². The Balaban J connectivity index is 1.21. The Kier molecular flexibility index (Phi) is 7.59. The molecule has 3 aromatic rings. The van der Waals surface area contributed by atoms with E-state index in [0.717, 1.165) is 47.4 Å². The lowest BCUT2D eigenvalue weighted by Crippen LogP contribution is -2.32. The maximum Gasteiger partial charge on any atom is 0.225 e. The predicted octanol–water partition coefficient (Wildman–Crippen LogP) is 4.44. The second-order valence-electron chi connectivity index (χ2n) is 8.38. The quantitative estimate of drug-likeness (QED) is 0.380. The highest BCUT2D eigenvalue weighted by molar-refractivity contribution is 7.99. The summed E-state index contributed by atoms with van der Waals surface area (Å²) in [6.07, 6.45) is 8.54. The molecule has 1 saturated carbocycles. The van der Waals surface area contributed by atoms with E-state index in [1.807, 2.05) is 50.4 Å². The van der Waals surface area contributed by atoms with Gasteiger partial charge in [-0.25, -0.2) is 4.98 Å². The molecule has 164 valence electrons. The number of rotatable bonds is 9. The summed E-state index contributed by atoms with van der Waals surface area (Å²) in [5.41, 5.74) is 0.992. The van der Waals surface area contributed by atoms with E-state index in [9.17, 15) is 0 Å². The average Bonchev–Trinajstić information content (AvgIpc) is 2.80. The average molecular weight is 437 g/mol. The van der Waals surface area contributed by atoms with Gasteiger partial charge in [-0.15, -0.1) is 11.8 Å². The fraction of sp³-hybridized carbons (Fsp3) is 0.458. The van der Waals surface area contributed by atoms with Gasteiger partial charge in [-0.1, -0.05) is 12.1 Å². The van der Waals surface area contributed by atoms with Crippen LogP contribution in [0.3, 0.4) is 0 Å².